The second kappa shape index (κ2) is 6.31. The Labute approximate surface area is 170 Å². The van der Waals surface area contributed by atoms with E-state index >= 15 is 0 Å². The number of benzene rings is 1. The van der Waals surface area contributed by atoms with Crippen LogP contribution in [0.1, 0.15) is 52.3 Å². The van der Waals surface area contributed by atoms with Gasteiger partial charge >= 0.3 is 0 Å². The molecule has 1 saturated carbocycles. The number of aryl methyl sites for hydroxylation is 1. The molecule has 3 aliphatic rings. The summed E-state index contributed by atoms with van der Waals surface area (Å²) in [4.78, 5) is 32.3. The molecule has 5 rings (SSSR count). The molecule has 1 aromatic carbocycles. The first kappa shape index (κ1) is 18.6. The zero-order valence-corrected chi connectivity index (χ0v) is 17.5. The maximum atomic E-state index is 12.9. The average molecular weight is 396 g/mol. The van der Waals surface area contributed by atoms with Gasteiger partial charge in [0.25, 0.3) is 11.5 Å². The lowest BCUT2D eigenvalue weighted by molar-refractivity contribution is -0.134. The molecule has 2 fully saturated rings. The number of amides is 1. The van der Waals surface area contributed by atoms with Crippen molar-refractivity contribution in [3.8, 4) is 5.75 Å². The SMILES string of the molecule is CC1(C)C[C@H]2C[C@](C)(CN2C(=O)COc2ccc3nc4n(c(=O)c3c2)CCC4)C1. The van der Waals surface area contributed by atoms with Gasteiger partial charge in [-0.25, -0.2) is 4.98 Å². The summed E-state index contributed by atoms with van der Waals surface area (Å²) in [6, 6.07) is 5.67. The Hall–Kier alpha value is -2.37. The second-order valence-electron chi connectivity index (χ2n) is 10.3. The summed E-state index contributed by atoms with van der Waals surface area (Å²) >= 11 is 0. The van der Waals surface area contributed by atoms with E-state index in [1.165, 1.54) is 0 Å². The van der Waals surface area contributed by atoms with Crippen molar-refractivity contribution < 1.29 is 9.53 Å². The molecule has 1 aliphatic carbocycles. The molecule has 29 heavy (non-hydrogen) atoms. The van der Waals surface area contributed by atoms with Crippen LogP contribution in [0.3, 0.4) is 0 Å². The van der Waals surface area contributed by atoms with Crippen LogP contribution in [-0.2, 0) is 17.8 Å². The highest BCUT2D eigenvalue weighted by atomic mass is 16.5. The van der Waals surface area contributed by atoms with Gasteiger partial charge in [0.1, 0.15) is 11.6 Å². The molecule has 6 heteroatoms. The zero-order chi connectivity index (χ0) is 20.4. The van der Waals surface area contributed by atoms with E-state index in [2.05, 4.69) is 25.8 Å². The lowest BCUT2D eigenvalue weighted by atomic mass is 9.65. The minimum atomic E-state index is -0.0113. The predicted octanol–water partition coefficient (Wildman–Crippen LogP) is 3.15. The summed E-state index contributed by atoms with van der Waals surface area (Å²) in [6.45, 7) is 8.47. The standard InChI is InChI=1S/C23H29N3O3/c1-22(2)10-15-11-23(3,13-22)14-26(15)20(27)12-29-16-6-7-18-17(9-16)21(28)25-8-4-5-19(25)24-18/h6-7,9,15H,4-5,8,10-14H2,1-3H3/t15-,23-/m0/s1. The van der Waals surface area contributed by atoms with Crippen molar-refractivity contribution in [2.75, 3.05) is 13.2 Å². The fraction of sp³-hybridized carbons (Fsp3) is 0.609. The number of nitrogens with zero attached hydrogens (tertiary/aromatic N) is 3. The lowest BCUT2D eigenvalue weighted by Crippen LogP contribution is -2.40. The van der Waals surface area contributed by atoms with E-state index in [0.29, 0.717) is 22.7 Å². The fourth-order valence-electron chi connectivity index (χ4n) is 6.13. The topological polar surface area (TPSA) is 64.4 Å². The van der Waals surface area contributed by atoms with Crippen LogP contribution in [0.2, 0.25) is 0 Å². The molecule has 2 aromatic rings. The Morgan fingerprint density at radius 2 is 2.10 bits per heavy atom. The minimum absolute atomic E-state index is 0.0113. The molecule has 1 aromatic heterocycles. The number of carbonyl (C=O) groups is 1. The molecule has 6 nitrogen and oxygen atoms in total. The number of hydrogen-bond donors (Lipinski definition) is 0. The quantitative estimate of drug-likeness (QED) is 0.801. The van der Waals surface area contributed by atoms with Gasteiger partial charge in [-0.1, -0.05) is 20.8 Å². The Kier molecular flexibility index (Phi) is 4.06. The number of hydrogen-bond acceptors (Lipinski definition) is 4. The third-order valence-corrected chi connectivity index (χ3v) is 6.88. The van der Waals surface area contributed by atoms with Crippen LogP contribution in [0, 0.1) is 10.8 Å². The van der Waals surface area contributed by atoms with Gasteiger partial charge in [0.2, 0.25) is 0 Å². The van der Waals surface area contributed by atoms with E-state index in [1.807, 2.05) is 11.0 Å². The van der Waals surface area contributed by atoms with Crippen LogP contribution < -0.4 is 10.3 Å². The summed E-state index contributed by atoms with van der Waals surface area (Å²) in [5.74, 6) is 1.46. The van der Waals surface area contributed by atoms with E-state index in [9.17, 15) is 9.59 Å². The summed E-state index contributed by atoms with van der Waals surface area (Å²) < 4.78 is 7.58. The van der Waals surface area contributed by atoms with Crippen molar-refractivity contribution in [1.82, 2.24) is 14.5 Å². The number of fused-ring (bicyclic) bond motifs is 4. The zero-order valence-electron chi connectivity index (χ0n) is 17.5. The van der Waals surface area contributed by atoms with Crippen LogP contribution in [-0.4, -0.2) is 39.6 Å². The number of ether oxygens (including phenoxy) is 1. The van der Waals surface area contributed by atoms with E-state index < -0.39 is 0 Å². The van der Waals surface area contributed by atoms with Crippen molar-refractivity contribution in [2.24, 2.45) is 10.8 Å². The number of likely N-dealkylation sites (tertiary alicyclic amines) is 1. The van der Waals surface area contributed by atoms with Gasteiger partial charge in [0.05, 0.1) is 10.9 Å². The van der Waals surface area contributed by atoms with Crippen molar-refractivity contribution in [2.45, 2.75) is 65.5 Å². The highest BCUT2D eigenvalue weighted by molar-refractivity contribution is 5.81. The van der Waals surface area contributed by atoms with Crippen LogP contribution >= 0.6 is 0 Å². The predicted molar refractivity (Wildman–Crippen MR) is 111 cm³/mol. The third kappa shape index (κ3) is 3.22. The summed E-state index contributed by atoms with van der Waals surface area (Å²) in [5, 5.41) is 0.562. The van der Waals surface area contributed by atoms with Gasteiger partial charge < -0.3 is 9.64 Å². The Morgan fingerprint density at radius 1 is 1.28 bits per heavy atom. The van der Waals surface area contributed by atoms with Gasteiger partial charge in [-0.15, -0.1) is 0 Å². The van der Waals surface area contributed by atoms with Crippen LogP contribution in [0.15, 0.2) is 23.0 Å². The smallest absolute Gasteiger partial charge is 0.261 e. The lowest BCUT2D eigenvalue weighted by Gasteiger charge is -2.39. The molecule has 154 valence electrons. The molecule has 3 heterocycles. The highest BCUT2D eigenvalue weighted by Crippen LogP contribution is 2.52. The van der Waals surface area contributed by atoms with Crippen LogP contribution in [0.25, 0.3) is 10.9 Å². The molecule has 1 saturated heterocycles. The summed E-state index contributed by atoms with van der Waals surface area (Å²) in [7, 11) is 0. The minimum Gasteiger partial charge on any atom is -0.484 e. The molecule has 1 amide bonds. The molecular weight excluding hydrogens is 366 g/mol. The summed E-state index contributed by atoms with van der Waals surface area (Å²) in [5.41, 5.74) is 1.18. The Balaban J connectivity index is 1.32. The maximum Gasteiger partial charge on any atom is 0.261 e. The van der Waals surface area contributed by atoms with Crippen molar-refractivity contribution in [1.29, 1.82) is 0 Å². The van der Waals surface area contributed by atoms with Crippen molar-refractivity contribution in [3.63, 3.8) is 0 Å². The third-order valence-electron chi connectivity index (χ3n) is 6.88. The van der Waals surface area contributed by atoms with E-state index in [-0.39, 0.29) is 28.9 Å². The molecule has 2 atom stereocenters. The molecular formula is C23H29N3O3. The molecule has 2 aliphatic heterocycles. The van der Waals surface area contributed by atoms with E-state index in [1.54, 1.807) is 16.7 Å². The highest BCUT2D eigenvalue weighted by Gasteiger charge is 2.50. The Morgan fingerprint density at radius 3 is 2.93 bits per heavy atom. The molecule has 0 spiro atoms. The number of carbonyl (C=O) groups excluding carboxylic acids is 1. The van der Waals surface area contributed by atoms with Gasteiger partial charge in [0, 0.05) is 25.6 Å². The molecule has 0 N–H and O–H groups in total. The van der Waals surface area contributed by atoms with Gasteiger partial charge in [-0.3, -0.25) is 14.2 Å². The second-order valence-corrected chi connectivity index (χ2v) is 10.3. The first-order chi connectivity index (χ1) is 13.7. The largest absolute Gasteiger partial charge is 0.484 e. The van der Waals surface area contributed by atoms with Gasteiger partial charge in [-0.05, 0) is 54.7 Å². The van der Waals surface area contributed by atoms with Crippen molar-refractivity contribution >= 4 is 16.8 Å². The molecule has 2 bridgehead atoms. The van der Waals surface area contributed by atoms with Gasteiger partial charge in [0.15, 0.2) is 6.61 Å². The monoisotopic (exact) mass is 395 g/mol. The maximum absolute atomic E-state index is 12.9. The molecule has 0 unspecified atom stereocenters. The van der Waals surface area contributed by atoms with Crippen LogP contribution in [0.5, 0.6) is 5.75 Å². The average Bonchev–Trinajstić information content (AvgIpc) is 3.21. The van der Waals surface area contributed by atoms with Gasteiger partial charge in [-0.2, -0.15) is 0 Å². The summed E-state index contributed by atoms with van der Waals surface area (Å²) in [6.07, 6.45) is 5.12. The van der Waals surface area contributed by atoms with E-state index in [0.717, 1.165) is 51.0 Å². The first-order valence-corrected chi connectivity index (χ1v) is 10.7. The Bertz CT molecular complexity index is 1060. The van der Waals surface area contributed by atoms with E-state index in [4.69, 9.17) is 4.74 Å². The first-order valence-electron chi connectivity index (χ1n) is 10.7. The number of aromatic nitrogens is 2. The molecule has 0 radical (unpaired) electrons. The van der Waals surface area contributed by atoms with Crippen LogP contribution in [0.4, 0.5) is 0 Å². The fourth-order valence-corrected chi connectivity index (χ4v) is 6.13. The van der Waals surface area contributed by atoms with Crippen molar-refractivity contribution in [3.05, 3.63) is 34.4 Å². The number of rotatable bonds is 3. The normalized spacial score (nSPS) is 27.3.